The number of carbonyl (C=O) groups is 1. The first-order valence-electron chi connectivity index (χ1n) is 10.6. The van der Waals surface area contributed by atoms with Crippen LogP contribution in [0, 0.1) is 6.92 Å². The molecule has 6 rings (SSSR count). The highest BCUT2D eigenvalue weighted by molar-refractivity contribution is 7.09. The van der Waals surface area contributed by atoms with Gasteiger partial charge in [0.25, 0.3) is 0 Å². The third-order valence-corrected chi connectivity index (χ3v) is 7.02. The second kappa shape index (κ2) is 7.36. The highest BCUT2D eigenvalue weighted by Gasteiger charge is 2.35. The van der Waals surface area contributed by atoms with Crippen molar-refractivity contribution < 1.29 is 14.3 Å². The lowest BCUT2D eigenvalue weighted by Gasteiger charge is -2.29. The number of aryl methyl sites for hydroxylation is 2. The molecule has 0 spiro atoms. The highest BCUT2D eigenvalue weighted by atomic mass is 32.1. The summed E-state index contributed by atoms with van der Waals surface area (Å²) in [6.07, 6.45) is 3.90. The number of ether oxygens (including phenoxy) is 2. The van der Waals surface area contributed by atoms with Crippen LogP contribution in [0.15, 0.2) is 59.8 Å². The van der Waals surface area contributed by atoms with Crippen LogP contribution in [0.2, 0.25) is 0 Å². The van der Waals surface area contributed by atoms with E-state index in [0.717, 1.165) is 39.9 Å². The molecule has 0 unspecified atom stereocenters. The maximum Gasteiger partial charge on any atom is 0.232 e. The number of rotatable bonds is 3. The molecule has 0 fully saturated rings. The average Bonchev–Trinajstić information content (AvgIpc) is 3.49. The van der Waals surface area contributed by atoms with Crippen molar-refractivity contribution in [3.63, 3.8) is 0 Å². The van der Waals surface area contributed by atoms with Crippen molar-refractivity contribution in [2.24, 2.45) is 7.05 Å². The lowest BCUT2D eigenvalue weighted by atomic mass is 9.98. The molecule has 2 aliphatic heterocycles. The molecular formula is C26H22N2O3S. The number of nitrogens with zero attached hydrogens (tertiary/aromatic N) is 2. The van der Waals surface area contributed by atoms with E-state index in [1.165, 1.54) is 4.88 Å². The number of aromatic nitrogens is 1. The van der Waals surface area contributed by atoms with Gasteiger partial charge in [0.15, 0.2) is 5.76 Å². The molecule has 2 aromatic carbocycles. The summed E-state index contributed by atoms with van der Waals surface area (Å²) in [5.41, 5.74) is 4.58. The summed E-state index contributed by atoms with van der Waals surface area (Å²) < 4.78 is 14.4. The summed E-state index contributed by atoms with van der Waals surface area (Å²) in [6.45, 7) is 3.97. The molecule has 5 nitrogen and oxygen atoms in total. The lowest BCUT2D eigenvalue weighted by molar-refractivity contribution is 0.0881. The molecule has 0 bridgehead atoms. The summed E-state index contributed by atoms with van der Waals surface area (Å²) >= 11 is 1.74. The largest absolute Gasteiger partial charge is 0.478 e. The van der Waals surface area contributed by atoms with Crippen LogP contribution in [0.3, 0.4) is 0 Å². The van der Waals surface area contributed by atoms with Gasteiger partial charge in [-0.25, -0.2) is 0 Å². The predicted molar refractivity (Wildman–Crippen MR) is 126 cm³/mol. The van der Waals surface area contributed by atoms with Gasteiger partial charge in [0.1, 0.15) is 18.2 Å². The van der Waals surface area contributed by atoms with Crippen LogP contribution in [0.25, 0.3) is 17.0 Å². The van der Waals surface area contributed by atoms with E-state index in [9.17, 15) is 4.79 Å². The molecule has 2 aromatic heterocycles. The predicted octanol–water partition coefficient (Wildman–Crippen LogP) is 5.52. The molecule has 0 atom stereocenters. The Kier molecular flexibility index (Phi) is 4.45. The Bertz CT molecular complexity index is 1400. The number of allylic oxidation sites excluding steroid dienone is 1. The minimum Gasteiger partial charge on any atom is -0.478 e. The molecule has 0 N–H and O–H groups in total. The highest BCUT2D eigenvalue weighted by Crippen LogP contribution is 2.44. The van der Waals surface area contributed by atoms with E-state index in [2.05, 4.69) is 39.1 Å². The Labute approximate surface area is 190 Å². The maximum absolute atomic E-state index is 13.3. The average molecular weight is 443 g/mol. The van der Waals surface area contributed by atoms with E-state index in [0.29, 0.717) is 30.3 Å². The fourth-order valence-corrected chi connectivity index (χ4v) is 5.38. The SMILES string of the molecule is Cc1cc2c(c3c1C(=O)/C(=C/c1cn(C)c4ccccc14)O3)CN(Cc1cccs1)CO2. The minimum absolute atomic E-state index is 0.0661. The zero-order chi connectivity index (χ0) is 21.8. The molecule has 4 aromatic rings. The van der Waals surface area contributed by atoms with Crippen molar-refractivity contribution in [2.75, 3.05) is 6.73 Å². The minimum atomic E-state index is -0.0661. The molecular weight excluding hydrogens is 420 g/mol. The summed E-state index contributed by atoms with van der Waals surface area (Å²) in [5.74, 6) is 1.75. The number of para-hydroxylation sites is 1. The number of hydrogen-bond acceptors (Lipinski definition) is 5. The van der Waals surface area contributed by atoms with Gasteiger partial charge >= 0.3 is 0 Å². The van der Waals surface area contributed by atoms with E-state index in [4.69, 9.17) is 9.47 Å². The van der Waals surface area contributed by atoms with Gasteiger partial charge in [0, 0.05) is 47.7 Å². The number of carbonyl (C=O) groups excluding carboxylic acids is 1. The smallest absolute Gasteiger partial charge is 0.232 e. The second-order valence-electron chi connectivity index (χ2n) is 8.37. The summed E-state index contributed by atoms with van der Waals surface area (Å²) in [6, 6.07) is 14.3. The molecule has 0 amide bonds. The Morgan fingerprint density at radius 1 is 1.19 bits per heavy atom. The summed E-state index contributed by atoms with van der Waals surface area (Å²) in [5, 5.41) is 3.18. The zero-order valence-electron chi connectivity index (χ0n) is 17.9. The molecule has 6 heteroatoms. The topological polar surface area (TPSA) is 43.7 Å². The maximum atomic E-state index is 13.3. The third-order valence-electron chi connectivity index (χ3n) is 6.16. The monoisotopic (exact) mass is 442 g/mol. The van der Waals surface area contributed by atoms with Gasteiger partial charge < -0.3 is 14.0 Å². The molecule has 0 saturated carbocycles. The van der Waals surface area contributed by atoms with Crippen molar-refractivity contribution >= 4 is 34.1 Å². The van der Waals surface area contributed by atoms with Crippen molar-refractivity contribution in [1.29, 1.82) is 0 Å². The van der Waals surface area contributed by atoms with E-state index in [1.807, 2.05) is 44.4 Å². The number of fused-ring (bicyclic) bond motifs is 4. The quantitative estimate of drug-likeness (QED) is 0.392. The molecule has 0 radical (unpaired) electrons. The lowest BCUT2D eigenvalue weighted by Crippen LogP contribution is -2.31. The van der Waals surface area contributed by atoms with Crippen molar-refractivity contribution in [3.8, 4) is 11.5 Å². The molecule has 32 heavy (non-hydrogen) atoms. The normalized spacial score (nSPS) is 16.8. The summed E-state index contributed by atoms with van der Waals surface area (Å²) in [4.78, 5) is 16.8. The van der Waals surface area contributed by atoms with Crippen LogP contribution < -0.4 is 9.47 Å². The van der Waals surface area contributed by atoms with Crippen LogP contribution in [0.5, 0.6) is 11.5 Å². The van der Waals surface area contributed by atoms with Gasteiger partial charge in [-0.15, -0.1) is 11.3 Å². The van der Waals surface area contributed by atoms with Crippen molar-refractivity contribution in [2.45, 2.75) is 20.0 Å². The van der Waals surface area contributed by atoms with E-state index in [1.54, 1.807) is 11.3 Å². The third kappa shape index (κ3) is 3.06. The molecule has 0 aliphatic carbocycles. The summed E-state index contributed by atoms with van der Waals surface area (Å²) in [7, 11) is 2.01. The number of thiophene rings is 1. The first-order valence-corrected chi connectivity index (χ1v) is 11.5. The van der Waals surface area contributed by atoms with Crippen LogP contribution in [-0.4, -0.2) is 22.0 Å². The zero-order valence-corrected chi connectivity index (χ0v) is 18.7. The standard InChI is InChI=1S/C26H22N2O3S/c1-16-10-22-20(14-28(15-30-22)13-18-6-5-9-32-18)26-24(16)25(29)23(31-26)11-17-12-27(2)21-8-4-3-7-19(17)21/h3-12H,13-15H2,1-2H3/b23-11-. The van der Waals surface area contributed by atoms with E-state index in [-0.39, 0.29) is 5.78 Å². The second-order valence-corrected chi connectivity index (χ2v) is 9.40. The molecule has 4 heterocycles. The Balaban J connectivity index is 1.38. The van der Waals surface area contributed by atoms with Gasteiger partial charge in [-0.2, -0.15) is 0 Å². The fraction of sp³-hybridized carbons (Fsp3) is 0.192. The van der Waals surface area contributed by atoms with E-state index < -0.39 is 0 Å². The molecule has 160 valence electrons. The van der Waals surface area contributed by atoms with Gasteiger partial charge in [0.05, 0.1) is 11.1 Å². The first-order chi connectivity index (χ1) is 15.6. The number of ketones is 1. The Morgan fingerprint density at radius 3 is 2.91 bits per heavy atom. The van der Waals surface area contributed by atoms with Crippen molar-refractivity contribution in [1.82, 2.24) is 9.47 Å². The fourth-order valence-electron chi connectivity index (χ4n) is 4.63. The van der Waals surface area contributed by atoms with E-state index >= 15 is 0 Å². The van der Waals surface area contributed by atoms with Gasteiger partial charge in [-0.05, 0) is 42.1 Å². The van der Waals surface area contributed by atoms with Crippen LogP contribution in [0.1, 0.15) is 31.9 Å². The van der Waals surface area contributed by atoms with Crippen LogP contribution >= 0.6 is 11.3 Å². The van der Waals surface area contributed by atoms with Gasteiger partial charge in [0.2, 0.25) is 5.78 Å². The van der Waals surface area contributed by atoms with Crippen LogP contribution in [0.4, 0.5) is 0 Å². The van der Waals surface area contributed by atoms with Gasteiger partial charge in [-0.3, -0.25) is 9.69 Å². The number of benzene rings is 2. The molecule has 2 aliphatic rings. The van der Waals surface area contributed by atoms with Crippen molar-refractivity contribution in [3.05, 3.63) is 86.9 Å². The first kappa shape index (κ1) is 19.3. The Morgan fingerprint density at radius 2 is 2.06 bits per heavy atom. The number of hydrogen-bond donors (Lipinski definition) is 0. The Hall–Kier alpha value is -3.35. The van der Waals surface area contributed by atoms with Crippen LogP contribution in [-0.2, 0) is 20.1 Å². The number of Topliss-reactive ketones (excluding diaryl/α,β-unsaturated/α-hetero) is 1. The van der Waals surface area contributed by atoms with Gasteiger partial charge in [-0.1, -0.05) is 24.3 Å². The molecule has 0 saturated heterocycles.